The first-order valence-electron chi connectivity index (χ1n) is 10.5. The van der Waals surface area contributed by atoms with Gasteiger partial charge in [0.15, 0.2) is 0 Å². The number of ether oxygens (including phenoxy) is 1. The molecule has 4 heteroatoms. The molecule has 1 aromatic carbocycles. The average molecular weight is 362 g/mol. The number of nitrogens with one attached hydrogen (secondary N) is 1. The van der Waals surface area contributed by atoms with Crippen LogP contribution in [-0.4, -0.2) is 62.2 Å². The molecule has 0 amide bonds. The Hall–Kier alpha value is -1.10. The van der Waals surface area contributed by atoms with Crippen LogP contribution in [-0.2, 0) is 0 Å². The zero-order chi connectivity index (χ0) is 18.8. The molecule has 1 saturated heterocycles. The Kier molecular flexibility index (Phi) is 9.44. The maximum atomic E-state index is 5.89. The summed E-state index contributed by atoms with van der Waals surface area (Å²) in [6.45, 7) is 13.2. The Morgan fingerprint density at radius 3 is 2.58 bits per heavy atom. The number of nitrogens with zero attached hydrogens (tertiary/aromatic N) is 2. The van der Waals surface area contributed by atoms with E-state index in [4.69, 9.17) is 4.74 Å². The normalized spacial score (nSPS) is 19.2. The van der Waals surface area contributed by atoms with Gasteiger partial charge in [-0.1, -0.05) is 26.0 Å². The molecule has 0 saturated carbocycles. The first kappa shape index (κ1) is 21.2. The first-order valence-corrected chi connectivity index (χ1v) is 10.5. The summed E-state index contributed by atoms with van der Waals surface area (Å²) in [4.78, 5) is 4.93. The number of rotatable bonds is 12. The van der Waals surface area contributed by atoms with Crippen molar-refractivity contribution in [3.63, 3.8) is 0 Å². The van der Waals surface area contributed by atoms with Crippen LogP contribution in [0.1, 0.15) is 58.1 Å². The molecule has 0 aromatic heterocycles. The minimum atomic E-state index is 0.387. The quantitative estimate of drug-likeness (QED) is 0.571. The second kappa shape index (κ2) is 11.6. The predicted octanol–water partition coefficient (Wildman–Crippen LogP) is 3.93. The lowest BCUT2D eigenvalue weighted by Gasteiger charge is -2.21. The molecule has 2 unspecified atom stereocenters. The smallest absolute Gasteiger partial charge is 0.119 e. The van der Waals surface area contributed by atoms with E-state index in [1.54, 1.807) is 0 Å². The summed E-state index contributed by atoms with van der Waals surface area (Å²) < 4.78 is 5.89. The van der Waals surface area contributed by atoms with Gasteiger partial charge in [0, 0.05) is 18.6 Å². The Balaban J connectivity index is 1.65. The van der Waals surface area contributed by atoms with E-state index in [1.165, 1.54) is 31.4 Å². The Morgan fingerprint density at radius 1 is 1.23 bits per heavy atom. The van der Waals surface area contributed by atoms with Crippen molar-refractivity contribution in [1.29, 1.82) is 0 Å². The van der Waals surface area contributed by atoms with Gasteiger partial charge in [0.25, 0.3) is 0 Å². The lowest BCUT2D eigenvalue weighted by Crippen LogP contribution is -2.30. The molecule has 1 aliphatic rings. The van der Waals surface area contributed by atoms with Crippen LogP contribution in [0.5, 0.6) is 5.75 Å². The van der Waals surface area contributed by atoms with E-state index in [1.807, 2.05) is 0 Å². The van der Waals surface area contributed by atoms with Gasteiger partial charge in [-0.25, -0.2) is 0 Å². The number of hydrogen-bond donors (Lipinski definition) is 1. The number of benzene rings is 1. The summed E-state index contributed by atoms with van der Waals surface area (Å²) in [5, 5.41) is 3.67. The summed E-state index contributed by atoms with van der Waals surface area (Å²) in [7, 11) is 2.25. The summed E-state index contributed by atoms with van der Waals surface area (Å²) in [6.07, 6.45) is 5.03. The van der Waals surface area contributed by atoms with Crippen LogP contribution in [0.4, 0.5) is 0 Å². The number of hydrogen-bond acceptors (Lipinski definition) is 4. The van der Waals surface area contributed by atoms with Gasteiger partial charge in [-0.05, 0) is 83.5 Å². The Morgan fingerprint density at radius 2 is 1.96 bits per heavy atom. The maximum absolute atomic E-state index is 5.89. The predicted molar refractivity (Wildman–Crippen MR) is 111 cm³/mol. The molecule has 1 aliphatic heterocycles. The molecule has 1 heterocycles. The van der Waals surface area contributed by atoms with Gasteiger partial charge in [-0.15, -0.1) is 0 Å². The Bertz CT molecular complexity index is 487. The van der Waals surface area contributed by atoms with Crippen molar-refractivity contribution in [1.82, 2.24) is 15.1 Å². The van der Waals surface area contributed by atoms with Gasteiger partial charge in [0.05, 0.1) is 6.61 Å². The van der Waals surface area contributed by atoms with E-state index in [0.717, 1.165) is 51.0 Å². The fraction of sp³-hybridized carbons (Fsp3) is 0.727. The zero-order valence-electron chi connectivity index (χ0n) is 17.3. The highest BCUT2D eigenvalue weighted by Crippen LogP contribution is 2.20. The highest BCUT2D eigenvalue weighted by atomic mass is 16.5. The molecule has 26 heavy (non-hydrogen) atoms. The molecule has 4 nitrogen and oxygen atoms in total. The van der Waals surface area contributed by atoms with Crippen LogP contribution in [0.2, 0.25) is 0 Å². The van der Waals surface area contributed by atoms with E-state index in [-0.39, 0.29) is 0 Å². The molecule has 0 aliphatic carbocycles. The van der Waals surface area contributed by atoms with E-state index < -0.39 is 0 Å². The van der Waals surface area contributed by atoms with Crippen molar-refractivity contribution in [3.8, 4) is 5.75 Å². The molecule has 148 valence electrons. The molecular weight excluding hydrogens is 322 g/mol. The largest absolute Gasteiger partial charge is 0.494 e. The molecule has 1 fully saturated rings. The van der Waals surface area contributed by atoms with Crippen molar-refractivity contribution < 1.29 is 4.74 Å². The maximum Gasteiger partial charge on any atom is 0.119 e. The van der Waals surface area contributed by atoms with Crippen LogP contribution in [0.15, 0.2) is 24.3 Å². The molecule has 0 spiro atoms. The van der Waals surface area contributed by atoms with Crippen molar-refractivity contribution >= 4 is 0 Å². The fourth-order valence-electron chi connectivity index (χ4n) is 3.80. The monoisotopic (exact) mass is 361 g/mol. The van der Waals surface area contributed by atoms with E-state index in [2.05, 4.69) is 67.2 Å². The third-order valence-corrected chi connectivity index (χ3v) is 5.76. The standard InChI is InChI=1S/C22H39N3O/c1-5-25(6-2)17-8-18-26-22-12-10-20(11-13-22)19(3)23-15-14-21-9-7-16-24(21)4/h10-13,19,21,23H,5-9,14-18H2,1-4H3. The van der Waals surface area contributed by atoms with Crippen LogP contribution < -0.4 is 10.1 Å². The van der Waals surface area contributed by atoms with Crippen LogP contribution >= 0.6 is 0 Å². The molecule has 1 N–H and O–H groups in total. The van der Waals surface area contributed by atoms with Crippen LogP contribution in [0, 0.1) is 0 Å². The highest BCUT2D eigenvalue weighted by molar-refractivity contribution is 5.28. The van der Waals surface area contributed by atoms with Crippen molar-refractivity contribution in [2.75, 3.05) is 46.4 Å². The summed E-state index contributed by atoms with van der Waals surface area (Å²) in [5.74, 6) is 0.980. The number of likely N-dealkylation sites (tertiary alicyclic amines) is 1. The highest BCUT2D eigenvalue weighted by Gasteiger charge is 2.20. The second-order valence-electron chi connectivity index (χ2n) is 7.54. The minimum Gasteiger partial charge on any atom is -0.494 e. The van der Waals surface area contributed by atoms with E-state index in [9.17, 15) is 0 Å². The van der Waals surface area contributed by atoms with Crippen molar-refractivity contribution in [2.24, 2.45) is 0 Å². The van der Waals surface area contributed by atoms with Gasteiger partial charge in [-0.3, -0.25) is 0 Å². The van der Waals surface area contributed by atoms with Gasteiger partial charge >= 0.3 is 0 Å². The van der Waals surface area contributed by atoms with Gasteiger partial charge < -0.3 is 19.9 Å². The van der Waals surface area contributed by atoms with Crippen molar-refractivity contribution in [3.05, 3.63) is 29.8 Å². The van der Waals surface area contributed by atoms with Gasteiger partial charge in [-0.2, -0.15) is 0 Å². The summed E-state index contributed by atoms with van der Waals surface area (Å²) >= 11 is 0. The molecule has 0 radical (unpaired) electrons. The minimum absolute atomic E-state index is 0.387. The lowest BCUT2D eigenvalue weighted by molar-refractivity contribution is 0.249. The third kappa shape index (κ3) is 6.90. The molecule has 0 bridgehead atoms. The lowest BCUT2D eigenvalue weighted by atomic mass is 10.1. The summed E-state index contributed by atoms with van der Waals surface area (Å²) in [6, 6.07) is 9.75. The third-order valence-electron chi connectivity index (χ3n) is 5.76. The summed E-state index contributed by atoms with van der Waals surface area (Å²) in [5.41, 5.74) is 1.33. The first-order chi connectivity index (χ1) is 12.6. The molecule has 1 aromatic rings. The zero-order valence-corrected chi connectivity index (χ0v) is 17.3. The van der Waals surface area contributed by atoms with Gasteiger partial charge in [0.1, 0.15) is 5.75 Å². The van der Waals surface area contributed by atoms with Gasteiger partial charge in [0.2, 0.25) is 0 Å². The Labute approximate surface area is 160 Å². The SMILES string of the molecule is CCN(CC)CCCOc1ccc(C(C)NCCC2CCCN2C)cc1. The molecule has 2 atom stereocenters. The second-order valence-corrected chi connectivity index (χ2v) is 7.54. The van der Waals surface area contributed by atoms with E-state index in [0.29, 0.717) is 6.04 Å². The van der Waals surface area contributed by atoms with Crippen LogP contribution in [0.25, 0.3) is 0 Å². The van der Waals surface area contributed by atoms with Crippen LogP contribution in [0.3, 0.4) is 0 Å². The van der Waals surface area contributed by atoms with E-state index >= 15 is 0 Å². The molecule has 2 rings (SSSR count). The topological polar surface area (TPSA) is 27.7 Å². The fourth-order valence-corrected chi connectivity index (χ4v) is 3.80. The molecular formula is C22H39N3O. The average Bonchev–Trinajstić information content (AvgIpc) is 3.07. The van der Waals surface area contributed by atoms with Crippen molar-refractivity contribution in [2.45, 2.75) is 58.5 Å².